The Morgan fingerprint density at radius 1 is 0.971 bits per heavy atom. The summed E-state index contributed by atoms with van der Waals surface area (Å²) in [5.41, 5.74) is 6.49. The quantitative estimate of drug-likeness (QED) is 0.299. The Balaban J connectivity index is 1.69. The van der Waals surface area contributed by atoms with E-state index in [9.17, 15) is 0 Å². The molecular formula is C27H25BrN4OS. The number of benzene rings is 2. The third kappa shape index (κ3) is 3.99. The van der Waals surface area contributed by atoms with Gasteiger partial charge in [0.05, 0.1) is 18.8 Å². The molecule has 2 aromatic carbocycles. The van der Waals surface area contributed by atoms with Crippen LogP contribution < -0.4 is 15.0 Å². The number of nitrogens with zero attached hydrogens (tertiary/aromatic N) is 3. The zero-order valence-corrected chi connectivity index (χ0v) is 21.6. The third-order valence-corrected chi connectivity index (χ3v) is 7.46. The monoisotopic (exact) mass is 532 g/mol. The molecule has 2 atom stereocenters. The number of rotatable bonds is 5. The fourth-order valence-electron chi connectivity index (χ4n) is 4.59. The predicted molar refractivity (Wildman–Crippen MR) is 144 cm³/mol. The largest absolute Gasteiger partial charge is 0.497 e. The molecular weight excluding hydrogens is 508 g/mol. The zero-order valence-electron chi connectivity index (χ0n) is 19.2. The summed E-state index contributed by atoms with van der Waals surface area (Å²) in [7, 11) is 1.68. The summed E-state index contributed by atoms with van der Waals surface area (Å²) >= 11 is 9.53. The molecule has 0 amide bonds. The van der Waals surface area contributed by atoms with Crippen molar-refractivity contribution in [3.05, 3.63) is 106 Å². The van der Waals surface area contributed by atoms with Crippen LogP contribution in [0, 0.1) is 13.8 Å². The van der Waals surface area contributed by atoms with Gasteiger partial charge in [-0.1, -0.05) is 22.0 Å². The Kier molecular flexibility index (Phi) is 6.15. The molecule has 1 saturated heterocycles. The SMILES string of the molecule is COc1ccc(-n2c(C)ccc2[C@H]2[C@H](c3ccccn3)NC(=S)N2c2ccc(Br)c(C)c2)cc1. The Morgan fingerprint density at radius 2 is 1.74 bits per heavy atom. The molecule has 2 aromatic heterocycles. The highest BCUT2D eigenvalue weighted by molar-refractivity contribution is 9.10. The molecule has 5 nitrogen and oxygen atoms in total. The molecule has 5 rings (SSSR count). The Labute approximate surface area is 213 Å². The van der Waals surface area contributed by atoms with Crippen LogP contribution >= 0.6 is 28.1 Å². The third-order valence-electron chi connectivity index (χ3n) is 6.26. The summed E-state index contributed by atoms with van der Waals surface area (Å²) < 4.78 is 8.73. The maximum atomic E-state index is 5.90. The van der Waals surface area contributed by atoms with Crippen molar-refractivity contribution in [2.24, 2.45) is 0 Å². The molecule has 0 radical (unpaired) electrons. The van der Waals surface area contributed by atoms with Crippen molar-refractivity contribution in [3.8, 4) is 11.4 Å². The fraction of sp³-hybridized carbons (Fsp3) is 0.185. The van der Waals surface area contributed by atoms with Crippen LogP contribution in [-0.2, 0) is 0 Å². The van der Waals surface area contributed by atoms with Gasteiger partial charge in [0.1, 0.15) is 11.8 Å². The van der Waals surface area contributed by atoms with Gasteiger partial charge in [0.2, 0.25) is 0 Å². The number of thiocarbonyl (C=S) groups is 1. The molecule has 0 aliphatic carbocycles. The minimum Gasteiger partial charge on any atom is -0.497 e. The lowest BCUT2D eigenvalue weighted by molar-refractivity contribution is 0.414. The molecule has 0 spiro atoms. The van der Waals surface area contributed by atoms with E-state index >= 15 is 0 Å². The van der Waals surface area contributed by atoms with Crippen molar-refractivity contribution in [1.82, 2.24) is 14.9 Å². The van der Waals surface area contributed by atoms with Crippen LogP contribution in [0.5, 0.6) is 5.75 Å². The molecule has 0 bridgehead atoms. The molecule has 172 valence electrons. The van der Waals surface area contributed by atoms with Crippen LogP contribution in [0.15, 0.2) is 83.5 Å². The first kappa shape index (κ1) is 22.6. The van der Waals surface area contributed by atoms with E-state index in [4.69, 9.17) is 17.0 Å². The molecule has 1 fully saturated rings. The predicted octanol–water partition coefficient (Wildman–Crippen LogP) is 6.44. The molecule has 1 N–H and O–H groups in total. The second-order valence-corrected chi connectivity index (χ2v) is 9.60. The van der Waals surface area contributed by atoms with E-state index < -0.39 is 0 Å². The van der Waals surface area contributed by atoms with Gasteiger partial charge in [0, 0.05) is 33.4 Å². The van der Waals surface area contributed by atoms with Gasteiger partial charge in [-0.2, -0.15) is 0 Å². The molecule has 0 unspecified atom stereocenters. The van der Waals surface area contributed by atoms with Crippen molar-refractivity contribution < 1.29 is 4.74 Å². The summed E-state index contributed by atoms with van der Waals surface area (Å²) in [4.78, 5) is 6.89. The lowest BCUT2D eigenvalue weighted by Crippen LogP contribution is -2.30. The summed E-state index contributed by atoms with van der Waals surface area (Å²) in [6.45, 7) is 4.22. The Hall–Kier alpha value is -3.16. The molecule has 1 aliphatic rings. The van der Waals surface area contributed by atoms with Crippen LogP contribution in [0.3, 0.4) is 0 Å². The number of hydrogen-bond acceptors (Lipinski definition) is 3. The summed E-state index contributed by atoms with van der Waals surface area (Å²) in [5, 5.41) is 4.24. The standard InChI is InChI=1S/C27H25BrN4OS/c1-17-16-20(10-13-22(17)28)32-26(25(30-27(32)34)23-6-4-5-15-29-23)24-14-7-18(2)31(24)19-8-11-21(33-3)12-9-19/h4-16,25-26H,1-3H3,(H,30,34)/t25-,26-/m0/s1. The minimum atomic E-state index is -0.107. The number of hydrogen-bond donors (Lipinski definition) is 1. The highest BCUT2D eigenvalue weighted by Crippen LogP contribution is 2.43. The topological polar surface area (TPSA) is 42.3 Å². The summed E-state index contributed by atoms with van der Waals surface area (Å²) in [6.07, 6.45) is 1.83. The first-order chi connectivity index (χ1) is 16.5. The van der Waals surface area contributed by atoms with E-state index in [1.165, 1.54) is 0 Å². The minimum absolute atomic E-state index is 0.0984. The average Bonchev–Trinajstić information content (AvgIpc) is 3.40. The van der Waals surface area contributed by atoms with E-state index in [0.717, 1.165) is 44.2 Å². The highest BCUT2D eigenvalue weighted by Gasteiger charge is 2.42. The molecule has 4 aromatic rings. The van der Waals surface area contributed by atoms with E-state index in [1.807, 2.05) is 30.5 Å². The Morgan fingerprint density at radius 3 is 2.41 bits per heavy atom. The van der Waals surface area contributed by atoms with Crippen molar-refractivity contribution in [2.45, 2.75) is 25.9 Å². The van der Waals surface area contributed by atoms with Crippen LogP contribution in [0.25, 0.3) is 5.69 Å². The van der Waals surface area contributed by atoms with Gasteiger partial charge in [-0.15, -0.1) is 0 Å². The van der Waals surface area contributed by atoms with Crippen molar-refractivity contribution >= 4 is 38.9 Å². The maximum Gasteiger partial charge on any atom is 0.174 e. The van der Waals surface area contributed by atoms with Crippen LogP contribution in [0.2, 0.25) is 0 Å². The number of nitrogens with one attached hydrogen (secondary N) is 1. The lowest BCUT2D eigenvalue weighted by atomic mass is 10.0. The number of ether oxygens (including phenoxy) is 1. The zero-order chi connectivity index (χ0) is 23.8. The highest BCUT2D eigenvalue weighted by atomic mass is 79.9. The van der Waals surface area contributed by atoms with Gasteiger partial charge in [-0.05, 0) is 98.4 Å². The fourth-order valence-corrected chi connectivity index (χ4v) is 5.18. The van der Waals surface area contributed by atoms with Gasteiger partial charge in [-0.3, -0.25) is 4.98 Å². The number of aromatic nitrogens is 2. The van der Waals surface area contributed by atoms with Gasteiger partial charge in [0.25, 0.3) is 0 Å². The number of halogens is 1. The first-order valence-electron chi connectivity index (χ1n) is 11.1. The van der Waals surface area contributed by atoms with Crippen molar-refractivity contribution in [3.63, 3.8) is 0 Å². The van der Waals surface area contributed by atoms with Crippen molar-refractivity contribution in [1.29, 1.82) is 0 Å². The van der Waals surface area contributed by atoms with E-state index in [2.05, 4.69) is 98.1 Å². The maximum absolute atomic E-state index is 5.90. The number of aryl methyl sites for hydroxylation is 2. The lowest BCUT2D eigenvalue weighted by Gasteiger charge is -2.29. The molecule has 3 heterocycles. The van der Waals surface area contributed by atoms with Crippen molar-refractivity contribution in [2.75, 3.05) is 12.0 Å². The Bertz CT molecular complexity index is 1340. The molecule has 7 heteroatoms. The second-order valence-electron chi connectivity index (χ2n) is 8.36. The number of anilines is 1. The molecule has 34 heavy (non-hydrogen) atoms. The van der Waals surface area contributed by atoms with E-state index in [-0.39, 0.29) is 12.1 Å². The molecule has 1 aliphatic heterocycles. The van der Waals surface area contributed by atoms with Gasteiger partial charge < -0.3 is 19.5 Å². The normalized spacial score (nSPS) is 17.6. The first-order valence-corrected chi connectivity index (χ1v) is 12.3. The van der Waals surface area contributed by atoms with E-state index in [0.29, 0.717) is 5.11 Å². The van der Waals surface area contributed by atoms with Gasteiger partial charge >= 0.3 is 0 Å². The number of pyridine rings is 1. The van der Waals surface area contributed by atoms with Gasteiger partial charge in [-0.25, -0.2) is 0 Å². The van der Waals surface area contributed by atoms with Crippen LogP contribution in [0.4, 0.5) is 5.69 Å². The summed E-state index contributed by atoms with van der Waals surface area (Å²) in [6, 6.07) is 24.6. The van der Waals surface area contributed by atoms with Gasteiger partial charge in [0.15, 0.2) is 5.11 Å². The van der Waals surface area contributed by atoms with Crippen LogP contribution in [-0.4, -0.2) is 21.8 Å². The second kappa shape index (κ2) is 9.24. The molecule has 0 saturated carbocycles. The smallest absolute Gasteiger partial charge is 0.174 e. The number of methoxy groups -OCH3 is 1. The summed E-state index contributed by atoms with van der Waals surface area (Å²) in [5.74, 6) is 0.831. The average molecular weight is 533 g/mol. The van der Waals surface area contributed by atoms with Crippen LogP contribution in [0.1, 0.15) is 34.7 Å². The van der Waals surface area contributed by atoms with E-state index in [1.54, 1.807) is 7.11 Å².